The number of ether oxygens (including phenoxy) is 2. The summed E-state index contributed by atoms with van der Waals surface area (Å²) in [4.78, 5) is 26.4. The summed E-state index contributed by atoms with van der Waals surface area (Å²) in [6.45, 7) is -0.376. The molecule has 1 amide bonds. The Kier molecular flexibility index (Phi) is 5.78. The number of hydrogen-bond acceptors (Lipinski definition) is 6. The molecule has 0 spiro atoms. The maximum Gasteiger partial charge on any atom is 0.348 e. The topological polar surface area (TPSA) is 88.4 Å². The molecule has 1 aromatic carbocycles. The number of carbonyl (C=O) groups is 2. The average molecular weight is 425 g/mol. The Morgan fingerprint density at radius 3 is 2.67 bits per heavy atom. The van der Waals surface area contributed by atoms with Crippen LogP contribution >= 0.6 is 11.3 Å². The van der Waals surface area contributed by atoms with E-state index in [1.807, 2.05) is 24.3 Å². The van der Waals surface area contributed by atoms with Gasteiger partial charge in [0.15, 0.2) is 6.61 Å². The summed E-state index contributed by atoms with van der Waals surface area (Å²) >= 11 is 1.39. The number of esters is 1. The van der Waals surface area contributed by atoms with E-state index >= 15 is 0 Å². The number of benzene rings is 1. The van der Waals surface area contributed by atoms with Gasteiger partial charge >= 0.3 is 5.97 Å². The molecule has 30 heavy (non-hydrogen) atoms. The van der Waals surface area contributed by atoms with Crippen LogP contribution in [0.4, 0.5) is 0 Å². The van der Waals surface area contributed by atoms with Crippen LogP contribution in [0.15, 0.2) is 24.3 Å². The first-order valence-electron chi connectivity index (χ1n) is 10.2. The predicted molar refractivity (Wildman–Crippen MR) is 114 cm³/mol. The van der Waals surface area contributed by atoms with Crippen molar-refractivity contribution in [1.29, 1.82) is 5.26 Å². The van der Waals surface area contributed by atoms with Crippen molar-refractivity contribution < 1.29 is 19.1 Å². The second kappa shape index (κ2) is 8.49. The van der Waals surface area contributed by atoms with Gasteiger partial charge in [0.1, 0.15) is 16.2 Å². The molecule has 2 aliphatic carbocycles. The lowest BCUT2D eigenvalue weighted by Crippen LogP contribution is -2.50. The summed E-state index contributed by atoms with van der Waals surface area (Å²) in [5, 5.41) is 12.2. The van der Waals surface area contributed by atoms with E-state index in [9.17, 15) is 14.9 Å². The van der Waals surface area contributed by atoms with Crippen molar-refractivity contribution in [2.75, 3.05) is 13.7 Å². The highest BCUT2D eigenvalue weighted by Gasteiger charge is 2.34. The van der Waals surface area contributed by atoms with E-state index in [2.05, 4.69) is 11.4 Å². The van der Waals surface area contributed by atoms with Crippen LogP contribution < -0.4 is 10.1 Å². The van der Waals surface area contributed by atoms with Gasteiger partial charge in [-0.25, -0.2) is 4.79 Å². The standard InChI is InChI=1S/C23H24N2O4S/c1-28-17-7-8-18-15(11-17)5-6-16-12-19(30-21(16)18)22(27)29-13-20(26)25-23(14-24)9-3-2-4-10-23/h7-8,11-12H,2-6,9-10,13H2,1H3,(H,25,26). The minimum Gasteiger partial charge on any atom is -0.497 e. The smallest absolute Gasteiger partial charge is 0.348 e. The maximum absolute atomic E-state index is 12.5. The largest absolute Gasteiger partial charge is 0.497 e. The first-order valence-corrected chi connectivity index (χ1v) is 11.0. The molecular weight excluding hydrogens is 400 g/mol. The molecule has 7 heteroatoms. The number of methoxy groups -OCH3 is 1. The van der Waals surface area contributed by atoms with Crippen molar-refractivity contribution in [3.8, 4) is 22.3 Å². The molecule has 4 rings (SSSR count). The normalized spacial score (nSPS) is 16.5. The molecule has 0 bridgehead atoms. The molecule has 1 saturated carbocycles. The second-order valence-electron chi connectivity index (χ2n) is 7.87. The van der Waals surface area contributed by atoms with Crippen LogP contribution in [0.2, 0.25) is 0 Å². The van der Waals surface area contributed by atoms with Crippen LogP contribution in [-0.2, 0) is 22.4 Å². The number of amides is 1. The number of rotatable bonds is 5. The third kappa shape index (κ3) is 4.05. The lowest BCUT2D eigenvalue weighted by atomic mass is 9.83. The molecule has 156 valence electrons. The summed E-state index contributed by atoms with van der Waals surface area (Å²) < 4.78 is 10.6. The van der Waals surface area contributed by atoms with Gasteiger partial charge in [0, 0.05) is 4.88 Å². The summed E-state index contributed by atoms with van der Waals surface area (Å²) in [5.41, 5.74) is 2.62. The summed E-state index contributed by atoms with van der Waals surface area (Å²) in [7, 11) is 1.65. The number of fused-ring (bicyclic) bond motifs is 3. The Balaban J connectivity index is 1.41. The lowest BCUT2D eigenvalue weighted by molar-refractivity contribution is -0.125. The molecule has 2 aliphatic rings. The fraction of sp³-hybridized carbons (Fsp3) is 0.435. The Labute approximate surface area is 179 Å². The number of nitrogens with one attached hydrogen (secondary N) is 1. The maximum atomic E-state index is 12.5. The monoisotopic (exact) mass is 424 g/mol. The first-order chi connectivity index (χ1) is 14.5. The molecule has 1 aromatic heterocycles. The van der Waals surface area contributed by atoms with Crippen LogP contribution in [0.5, 0.6) is 5.75 Å². The van der Waals surface area contributed by atoms with E-state index in [1.165, 1.54) is 16.9 Å². The second-order valence-corrected chi connectivity index (χ2v) is 8.92. The van der Waals surface area contributed by atoms with Gasteiger partial charge < -0.3 is 14.8 Å². The third-order valence-electron chi connectivity index (χ3n) is 5.87. The molecule has 0 aliphatic heterocycles. The SMILES string of the molecule is COc1ccc2c(c1)CCc1cc(C(=O)OCC(=O)NC3(C#N)CCCCC3)sc1-2. The van der Waals surface area contributed by atoms with Crippen LogP contribution in [0.3, 0.4) is 0 Å². The predicted octanol–water partition coefficient (Wildman–Crippen LogP) is 4.02. The molecule has 2 aromatic rings. The Morgan fingerprint density at radius 1 is 1.17 bits per heavy atom. The van der Waals surface area contributed by atoms with Gasteiger partial charge in [-0.1, -0.05) is 19.3 Å². The molecule has 1 N–H and O–H groups in total. The lowest BCUT2D eigenvalue weighted by Gasteiger charge is -2.31. The molecule has 0 radical (unpaired) electrons. The quantitative estimate of drug-likeness (QED) is 0.733. The number of nitriles is 1. The van der Waals surface area contributed by atoms with Crippen molar-refractivity contribution in [3.05, 3.63) is 40.3 Å². The zero-order valence-electron chi connectivity index (χ0n) is 17.0. The highest BCUT2D eigenvalue weighted by Crippen LogP contribution is 2.41. The first kappa shape index (κ1) is 20.4. The van der Waals surface area contributed by atoms with E-state index in [4.69, 9.17) is 9.47 Å². The fourth-order valence-corrected chi connectivity index (χ4v) is 5.43. The molecule has 1 fully saturated rings. The summed E-state index contributed by atoms with van der Waals surface area (Å²) in [5.74, 6) is -0.104. The van der Waals surface area contributed by atoms with Crippen LogP contribution in [0, 0.1) is 11.3 Å². The van der Waals surface area contributed by atoms with Gasteiger partial charge in [-0.05, 0) is 66.6 Å². The fourth-order valence-electron chi connectivity index (χ4n) is 4.26. The number of aryl methyl sites for hydroxylation is 2. The molecule has 0 unspecified atom stereocenters. The van der Waals surface area contributed by atoms with Crippen molar-refractivity contribution in [2.24, 2.45) is 0 Å². The van der Waals surface area contributed by atoms with Gasteiger partial charge in [0.05, 0.1) is 13.2 Å². The number of nitrogens with zero attached hydrogens (tertiary/aromatic N) is 1. The van der Waals surface area contributed by atoms with E-state index in [-0.39, 0.29) is 6.61 Å². The van der Waals surface area contributed by atoms with Crippen LogP contribution in [0.25, 0.3) is 10.4 Å². The number of thiophene rings is 1. The molecule has 0 saturated heterocycles. The summed E-state index contributed by atoms with van der Waals surface area (Å²) in [6.07, 6.45) is 5.95. The highest BCUT2D eigenvalue weighted by atomic mass is 32.1. The zero-order valence-corrected chi connectivity index (χ0v) is 17.8. The number of carbonyl (C=O) groups excluding carboxylic acids is 2. The van der Waals surface area contributed by atoms with E-state index in [1.54, 1.807) is 7.11 Å². The molecule has 0 atom stereocenters. The Morgan fingerprint density at radius 2 is 1.93 bits per heavy atom. The van der Waals surface area contributed by atoms with Gasteiger partial charge in [-0.3, -0.25) is 4.79 Å². The minimum atomic E-state index is -0.825. The van der Waals surface area contributed by atoms with E-state index in [0.29, 0.717) is 17.7 Å². The van der Waals surface area contributed by atoms with Gasteiger partial charge in [0.2, 0.25) is 0 Å². The Hall–Kier alpha value is -2.85. The van der Waals surface area contributed by atoms with Crippen molar-refractivity contribution >= 4 is 23.2 Å². The third-order valence-corrected chi connectivity index (χ3v) is 7.06. The van der Waals surface area contributed by atoms with E-state index < -0.39 is 17.4 Å². The average Bonchev–Trinajstić information content (AvgIpc) is 3.22. The van der Waals surface area contributed by atoms with Crippen LogP contribution in [0.1, 0.15) is 52.9 Å². The van der Waals surface area contributed by atoms with Gasteiger partial charge in [-0.2, -0.15) is 5.26 Å². The molecule has 1 heterocycles. The minimum absolute atomic E-state index is 0.376. The van der Waals surface area contributed by atoms with Gasteiger partial charge in [-0.15, -0.1) is 11.3 Å². The van der Waals surface area contributed by atoms with Crippen molar-refractivity contribution in [3.63, 3.8) is 0 Å². The Bertz CT molecular complexity index is 1010. The highest BCUT2D eigenvalue weighted by molar-refractivity contribution is 7.17. The van der Waals surface area contributed by atoms with Crippen LogP contribution in [-0.4, -0.2) is 31.1 Å². The molecular formula is C23H24N2O4S. The van der Waals surface area contributed by atoms with E-state index in [0.717, 1.165) is 53.9 Å². The zero-order chi connectivity index (χ0) is 21.1. The van der Waals surface area contributed by atoms with Crippen molar-refractivity contribution in [2.45, 2.75) is 50.5 Å². The number of hydrogen-bond donors (Lipinski definition) is 1. The summed E-state index contributed by atoms with van der Waals surface area (Å²) in [6, 6.07) is 10.1. The van der Waals surface area contributed by atoms with Crippen molar-refractivity contribution in [1.82, 2.24) is 5.32 Å². The van der Waals surface area contributed by atoms with Gasteiger partial charge in [0.25, 0.3) is 5.91 Å². The molecule has 6 nitrogen and oxygen atoms in total.